The molecule has 0 bridgehead atoms. The molecule has 0 amide bonds. The molecule has 1 N–H and O–H groups in total. The maximum absolute atomic E-state index is 6.06. The molecule has 1 aliphatic carbocycles. The highest BCUT2D eigenvalue weighted by molar-refractivity contribution is 6.30. The lowest BCUT2D eigenvalue weighted by Crippen LogP contribution is -2.29. The summed E-state index contributed by atoms with van der Waals surface area (Å²) in [7, 11) is 0. The second-order valence-corrected chi connectivity index (χ2v) is 7.38. The van der Waals surface area contributed by atoms with E-state index in [9.17, 15) is 0 Å². The van der Waals surface area contributed by atoms with Gasteiger partial charge in [0.1, 0.15) is 12.4 Å². The lowest BCUT2D eigenvalue weighted by atomic mass is 9.96. The molecule has 1 saturated carbocycles. The van der Waals surface area contributed by atoms with Gasteiger partial charge in [-0.3, -0.25) is 0 Å². The van der Waals surface area contributed by atoms with Crippen LogP contribution in [0.2, 0.25) is 5.02 Å². The van der Waals surface area contributed by atoms with Crippen molar-refractivity contribution in [3.05, 3.63) is 64.7 Å². The molecule has 0 unspecified atom stereocenters. The number of benzene rings is 2. The second-order valence-electron chi connectivity index (χ2n) is 6.95. The molecule has 1 aliphatic rings. The molecule has 0 aromatic heterocycles. The van der Waals surface area contributed by atoms with Gasteiger partial charge in [-0.2, -0.15) is 0 Å². The normalized spacial score (nSPS) is 16.2. The number of hydrogen-bond donors (Lipinski definition) is 1. The molecular formula is C22H28ClNO. The van der Waals surface area contributed by atoms with Gasteiger partial charge in [-0.05, 0) is 36.6 Å². The topological polar surface area (TPSA) is 21.3 Å². The van der Waals surface area contributed by atoms with E-state index in [0.29, 0.717) is 12.6 Å². The van der Waals surface area contributed by atoms with Crippen molar-refractivity contribution in [2.45, 2.75) is 64.1 Å². The molecule has 134 valence electrons. The Morgan fingerprint density at radius 3 is 2.32 bits per heavy atom. The average molecular weight is 358 g/mol. The number of rotatable bonds is 6. The number of halogens is 1. The Bertz CT molecular complexity index is 633. The molecule has 3 rings (SSSR count). The molecule has 2 aromatic carbocycles. The number of para-hydroxylation sites is 1. The highest BCUT2D eigenvalue weighted by Gasteiger charge is 2.12. The average Bonchev–Trinajstić information content (AvgIpc) is 2.61. The summed E-state index contributed by atoms with van der Waals surface area (Å²) in [5.74, 6) is 0.968. The Kier molecular flexibility index (Phi) is 7.20. The van der Waals surface area contributed by atoms with E-state index in [2.05, 4.69) is 23.5 Å². The largest absolute Gasteiger partial charge is 0.489 e. The van der Waals surface area contributed by atoms with Crippen LogP contribution >= 0.6 is 11.6 Å². The number of hydrogen-bond acceptors (Lipinski definition) is 2. The van der Waals surface area contributed by atoms with Gasteiger partial charge < -0.3 is 10.1 Å². The summed E-state index contributed by atoms with van der Waals surface area (Å²) in [6.07, 6.45) is 9.49. The van der Waals surface area contributed by atoms with Gasteiger partial charge in [0.25, 0.3) is 0 Å². The van der Waals surface area contributed by atoms with Crippen LogP contribution in [0.3, 0.4) is 0 Å². The fraction of sp³-hybridized carbons (Fsp3) is 0.455. The molecular weight excluding hydrogens is 330 g/mol. The van der Waals surface area contributed by atoms with Crippen molar-refractivity contribution in [2.75, 3.05) is 0 Å². The minimum atomic E-state index is 0.567. The third-order valence-electron chi connectivity index (χ3n) is 4.97. The van der Waals surface area contributed by atoms with E-state index in [0.717, 1.165) is 22.9 Å². The van der Waals surface area contributed by atoms with E-state index in [1.54, 1.807) is 0 Å². The van der Waals surface area contributed by atoms with Crippen LogP contribution in [0.1, 0.15) is 56.1 Å². The van der Waals surface area contributed by atoms with Crippen LogP contribution in [0.15, 0.2) is 48.5 Å². The lowest BCUT2D eigenvalue weighted by Gasteiger charge is -2.22. The van der Waals surface area contributed by atoms with E-state index in [4.69, 9.17) is 16.3 Å². The van der Waals surface area contributed by atoms with Crippen LogP contribution in [-0.4, -0.2) is 6.04 Å². The van der Waals surface area contributed by atoms with Crippen LogP contribution in [0.25, 0.3) is 0 Å². The second kappa shape index (κ2) is 9.84. The Balaban J connectivity index is 1.55. The SMILES string of the molecule is Clc1ccc(COc2ccccc2CNC2CCCCCCC2)cc1. The summed E-state index contributed by atoms with van der Waals surface area (Å²) in [4.78, 5) is 0. The summed E-state index contributed by atoms with van der Waals surface area (Å²) in [5.41, 5.74) is 2.37. The molecule has 3 heteroatoms. The molecule has 0 heterocycles. The first-order valence-corrected chi connectivity index (χ1v) is 9.87. The Hall–Kier alpha value is -1.51. The van der Waals surface area contributed by atoms with Gasteiger partial charge in [-0.25, -0.2) is 0 Å². The van der Waals surface area contributed by atoms with Crippen molar-refractivity contribution in [1.29, 1.82) is 0 Å². The molecule has 0 spiro atoms. The Morgan fingerprint density at radius 1 is 0.880 bits per heavy atom. The minimum absolute atomic E-state index is 0.567. The van der Waals surface area contributed by atoms with Gasteiger partial charge in [-0.1, -0.05) is 74.0 Å². The molecule has 1 fully saturated rings. The monoisotopic (exact) mass is 357 g/mol. The van der Waals surface area contributed by atoms with E-state index in [1.807, 2.05) is 30.3 Å². The van der Waals surface area contributed by atoms with Gasteiger partial charge in [0.05, 0.1) is 0 Å². The molecule has 25 heavy (non-hydrogen) atoms. The molecule has 0 saturated heterocycles. The van der Waals surface area contributed by atoms with Crippen molar-refractivity contribution in [1.82, 2.24) is 5.32 Å². The zero-order valence-corrected chi connectivity index (χ0v) is 15.6. The lowest BCUT2D eigenvalue weighted by molar-refractivity contribution is 0.300. The van der Waals surface area contributed by atoms with E-state index in [-0.39, 0.29) is 0 Å². The fourth-order valence-electron chi connectivity index (χ4n) is 3.45. The third-order valence-corrected chi connectivity index (χ3v) is 5.22. The molecule has 2 nitrogen and oxygen atoms in total. The van der Waals surface area contributed by atoms with Crippen molar-refractivity contribution in [3.8, 4) is 5.75 Å². The van der Waals surface area contributed by atoms with Crippen LogP contribution < -0.4 is 10.1 Å². The quantitative estimate of drug-likeness (QED) is 0.672. The van der Waals surface area contributed by atoms with Gasteiger partial charge >= 0.3 is 0 Å². The summed E-state index contributed by atoms with van der Waals surface area (Å²) in [5, 5.41) is 4.51. The van der Waals surface area contributed by atoms with Gasteiger partial charge in [-0.15, -0.1) is 0 Å². The van der Waals surface area contributed by atoms with Gasteiger partial charge in [0.2, 0.25) is 0 Å². The van der Waals surface area contributed by atoms with E-state index in [1.165, 1.54) is 50.5 Å². The first-order valence-electron chi connectivity index (χ1n) is 9.50. The summed E-state index contributed by atoms with van der Waals surface area (Å²) in [6.45, 7) is 1.44. The predicted octanol–water partition coefficient (Wildman–Crippen LogP) is 6.12. The molecule has 0 radical (unpaired) electrons. The standard InChI is InChI=1S/C22H28ClNO/c23-20-14-12-18(13-15-20)17-25-22-11-7-6-8-19(22)16-24-21-9-4-2-1-3-5-10-21/h6-8,11-15,21,24H,1-5,9-10,16-17H2. The fourth-order valence-corrected chi connectivity index (χ4v) is 3.57. The Labute approximate surface area is 156 Å². The molecule has 0 atom stereocenters. The van der Waals surface area contributed by atoms with Gasteiger partial charge in [0, 0.05) is 23.2 Å². The van der Waals surface area contributed by atoms with E-state index >= 15 is 0 Å². The highest BCUT2D eigenvalue weighted by atomic mass is 35.5. The zero-order chi connectivity index (χ0) is 17.3. The first kappa shape index (κ1) is 18.3. The summed E-state index contributed by atoms with van der Waals surface area (Å²) < 4.78 is 6.06. The molecule has 2 aromatic rings. The van der Waals surface area contributed by atoms with Crippen LogP contribution in [0.5, 0.6) is 5.75 Å². The van der Waals surface area contributed by atoms with Crippen LogP contribution in [-0.2, 0) is 13.2 Å². The summed E-state index contributed by atoms with van der Waals surface area (Å²) >= 11 is 5.94. The maximum atomic E-state index is 6.06. The predicted molar refractivity (Wildman–Crippen MR) is 105 cm³/mol. The minimum Gasteiger partial charge on any atom is -0.489 e. The van der Waals surface area contributed by atoms with Crippen molar-refractivity contribution in [2.24, 2.45) is 0 Å². The third kappa shape index (κ3) is 6.05. The van der Waals surface area contributed by atoms with Crippen molar-refractivity contribution in [3.63, 3.8) is 0 Å². The van der Waals surface area contributed by atoms with E-state index < -0.39 is 0 Å². The van der Waals surface area contributed by atoms with Crippen LogP contribution in [0.4, 0.5) is 0 Å². The maximum Gasteiger partial charge on any atom is 0.124 e. The number of ether oxygens (including phenoxy) is 1. The highest BCUT2D eigenvalue weighted by Crippen LogP contribution is 2.22. The molecule has 0 aliphatic heterocycles. The summed E-state index contributed by atoms with van der Waals surface area (Å²) in [6, 6.07) is 16.8. The van der Waals surface area contributed by atoms with Crippen molar-refractivity contribution >= 4 is 11.6 Å². The van der Waals surface area contributed by atoms with Crippen LogP contribution in [0, 0.1) is 0 Å². The van der Waals surface area contributed by atoms with Gasteiger partial charge in [0.15, 0.2) is 0 Å². The smallest absolute Gasteiger partial charge is 0.124 e. The number of nitrogens with one attached hydrogen (secondary N) is 1. The Morgan fingerprint density at radius 2 is 1.56 bits per heavy atom. The zero-order valence-electron chi connectivity index (χ0n) is 14.8. The first-order chi connectivity index (χ1) is 12.3. The van der Waals surface area contributed by atoms with Crippen molar-refractivity contribution < 1.29 is 4.74 Å².